The number of ether oxygens (including phenoxy) is 1. The fraction of sp³-hybridized carbons (Fsp3) is 0.312. The Balaban J connectivity index is 1.92. The van der Waals surface area contributed by atoms with Gasteiger partial charge in [-0.3, -0.25) is 0 Å². The average Bonchev–Trinajstić information content (AvgIpc) is 3.00. The number of hydrogen-bond donors (Lipinski definition) is 0. The van der Waals surface area contributed by atoms with Crippen LogP contribution in [0.1, 0.15) is 30.4 Å². The number of pyridine rings is 1. The Bertz CT molecular complexity index is 674. The SMILES string of the molecule is COc1ncc(Cn2cncn2)cc1C1C=C(C)C=CC1. The first-order valence-corrected chi connectivity index (χ1v) is 6.96. The average molecular weight is 282 g/mol. The molecule has 0 fully saturated rings. The molecular weight excluding hydrogens is 264 g/mol. The zero-order valence-electron chi connectivity index (χ0n) is 12.2. The van der Waals surface area contributed by atoms with Crippen molar-refractivity contribution in [3.8, 4) is 5.88 Å². The van der Waals surface area contributed by atoms with Gasteiger partial charge in [0.1, 0.15) is 12.7 Å². The van der Waals surface area contributed by atoms with Crippen LogP contribution in [-0.2, 0) is 6.54 Å². The molecule has 108 valence electrons. The van der Waals surface area contributed by atoms with E-state index in [4.69, 9.17) is 4.74 Å². The minimum absolute atomic E-state index is 0.313. The van der Waals surface area contributed by atoms with Crippen LogP contribution in [0.5, 0.6) is 5.88 Å². The summed E-state index contributed by atoms with van der Waals surface area (Å²) in [7, 11) is 1.66. The van der Waals surface area contributed by atoms with Crippen LogP contribution in [0, 0.1) is 0 Å². The molecule has 1 aliphatic carbocycles. The molecule has 5 nitrogen and oxygen atoms in total. The summed E-state index contributed by atoms with van der Waals surface area (Å²) >= 11 is 0. The van der Waals surface area contributed by atoms with E-state index < -0.39 is 0 Å². The third-order valence-electron chi connectivity index (χ3n) is 3.57. The summed E-state index contributed by atoms with van der Waals surface area (Å²) in [4.78, 5) is 8.40. The van der Waals surface area contributed by atoms with Gasteiger partial charge in [-0.05, 0) is 25.0 Å². The first kappa shape index (κ1) is 13.5. The Morgan fingerprint density at radius 3 is 3.05 bits per heavy atom. The molecule has 0 N–H and O–H groups in total. The number of methoxy groups -OCH3 is 1. The predicted molar refractivity (Wildman–Crippen MR) is 80.2 cm³/mol. The molecule has 0 amide bonds. The van der Waals surface area contributed by atoms with Gasteiger partial charge in [0.15, 0.2) is 0 Å². The molecule has 2 aromatic rings. The lowest BCUT2D eigenvalue weighted by Gasteiger charge is -2.18. The standard InChI is InChI=1S/C16H18N4O/c1-12-4-3-5-14(6-12)15-7-13(8-18-16(15)21-2)9-20-11-17-10-19-20/h3-4,6-8,10-11,14H,5,9H2,1-2H3. The number of nitrogens with zero attached hydrogens (tertiary/aromatic N) is 4. The minimum Gasteiger partial charge on any atom is -0.481 e. The van der Waals surface area contributed by atoms with E-state index in [1.54, 1.807) is 18.1 Å². The van der Waals surface area contributed by atoms with Gasteiger partial charge in [-0.25, -0.2) is 14.6 Å². The van der Waals surface area contributed by atoms with Gasteiger partial charge in [0.05, 0.1) is 13.7 Å². The third-order valence-corrected chi connectivity index (χ3v) is 3.57. The Morgan fingerprint density at radius 2 is 2.33 bits per heavy atom. The fourth-order valence-corrected chi connectivity index (χ4v) is 2.60. The van der Waals surface area contributed by atoms with E-state index in [1.165, 1.54) is 11.9 Å². The number of hydrogen-bond acceptors (Lipinski definition) is 4. The fourth-order valence-electron chi connectivity index (χ4n) is 2.60. The van der Waals surface area contributed by atoms with Crippen LogP contribution in [0.4, 0.5) is 0 Å². The minimum atomic E-state index is 0.313. The van der Waals surface area contributed by atoms with Crippen LogP contribution in [-0.4, -0.2) is 26.9 Å². The second kappa shape index (κ2) is 5.91. The van der Waals surface area contributed by atoms with Gasteiger partial charge in [0, 0.05) is 17.7 Å². The molecule has 2 heterocycles. The van der Waals surface area contributed by atoms with E-state index in [2.05, 4.69) is 46.3 Å². The molecule has 0 saturated carbocycles. The van der Waals surface area contributed by atoms with E-state index in [0.29, 0.717) is 18.3 Å². The van der Waals surface area contributed by atoms with Crippen molar-refractivity contribution in [1.29, 1.82) is 0 Å². The lowest BCUT2D eigenvalue weighted by atomic mass is 9.90. The molecule has 1 unspecified atom stereocenters. The summed E-state index contributed by atoms with van der Waals surface area (Å²) in [6, 6.07) is 2.15. The van der Waals surface area contributed by atoms with Crippen LogP contribution < -0.4 is 4.74 Å². The van der Waals surface area contributed by atoms with Crippen molar-refractivity contribution >= 4 is 0 Å². The van der Waals surface area contributed by atoms with Crippen LogP contribution in [0.3, 0.4) is 0 Å². The van der Waals surface area contributed by atoms with Crippen molar-refractivity contribution in [2.75, 3.05) is 7.11 Å². The van der Waals surface area contributed by atoms with E-state index in [1.807, 2.05) is 6.20 Å². The van der Waals surface area contributed by atoms with Gasteiger partial charge in [0.25, 0.3) is 0 Å². The molecule has 21 heavy (non-hydrogen) atoms. The third kappa shape index (κ3) is 3.02. The second-order valence-corrected chi connectivity index (χ2v) is 5.19. The maximum atomic E-state index is 5.42. The molecule has 0 saturated heterocycles. The summed E-state index contributed by atoms with van der Waals surface area (Å²) in [6.45, 7) is 2.77. The highest BCUT2D eigenvalue weighted by Gasteiger charge is 2.17. The molecule has 1 atom stereocenters. The van der Waals surface area contributed by atoms with Crippen LogP contribution >= 0.6 is 0 Å². The van der Waals surface area contributed by atoms with E-state index >= 15 is 0 Å². The highest BCUT2D eigenvalue weighted by Crippen LogP contribution is 2.32. The highest BCUT2D eigenvalue weighted by molar-refractivity contribution is 5.39. The Morgan fingerprint density at radius 1 is 1.43 bits per heavy atom. The maximum absolute atomic E-state index is 5.42. The van der Waals surface area contributed by atoms with Crippen molar-refractivity contribution in [3.05, 3.63) is 59.8 Å². The first-order valence-electron chi connectivity index (χ1n) is 6.96. The van der Waals surface area contributed by atoms with E-state index in [9.17, 15) is 0 Å². The zero-order chi connectivity index (χ0) is 14.7. The Kier molecular flexibility index (Phi) is 3.81. The molecule has 3 rings (SSSR count). The first-order chi connectivity index (χ1) is 10.3. The smallest absolute Gasteiger partial charge is 0.216 e. The summed E-state index contributed by atoms with van der Waals surface area (Å²) in [6.07, 6.45) is 12.7. The van der Waals surface area contributed by atoms with Crippen molar-refractivity contribution in [2.45, 2.75) is 25.8 Å². The Hall–Kier alpha value is -2.43. The second-order valence-electron chi connectivity index (χ2n) is 5.19. The van der Waals surface area contributed by atoms with Crippen molar-refractivity contribution < 1.29 is 4.74 Å². The summed E-state index contributed by atoms with van der Waals surface area (Å²) in [5, 5.41) is 4.13. The van der Waals surface area contributed by atoms with Gasteiger partial charge in [0.2, 0.25) is 5.88 Å². The Labute approximate surface area is 124 Å². The van der Waals surface area contributed by atoms with Crippen LogP contribution in [0.25, 0.3) is 0 Å². The van der Waals surface area contributed by atoms with Gasteiger partial charge in [-0.2, -0.15) is 5.10 Å². The molecule has 0 aliphatic heterocycles. The molecule has 5 heteroatoms. The van der Waals surface area contributed by atoms with Crippen LogP contribution in [0.2, 0.25) is 0 Å². The van der Waals surface area contributed by atoms with Gasteiger partial charge in [-0.1, -0.05) is 23.8 Å². The van der Waals surface area contributed by atoms with Crippen molar-refractivity contribution in [3.63, 3.8) is 0 Å². The maximum Gasteiger partial charge on any atom is 0.216 e. The van der Waals surface area contributed by atoms with E-state index in [0.717, 1.165) is 17.5 Å². The zero-order valence-corrected chi connectivity index (χ0v) is 12.2. The van der Waals surface area contributed by atoms with E-state index in [-0.39, 0.29) is 0 Å². The van der Waals surface area contributed by atoms with Gasteiger partial charge in [-0.15, -0.1) is 0 Å². The number of allylic oxidation sites excluding steroid dienone is 4. The van der Waals surface area contributed by atoms with Crippen molar-refractivity contribution in [2.24, 2.45) is 0 Å². The molecule has 2 aromatic heterocycles. The number of aromatic nitrogens is 4. The largest absolute Gasteiger partial charge is 0.481 e. The van der Waals surface area contributed by atoms with Gasteiger partial charge >= 0.3 is 0 Å². The molecule has 0 spiro atoms. The molecule has 1 aliphatic rings. The predicted octanol–water partition coefficient (Wildman–Crippen LogP) is 2.72. The molecule has 0 radical (unpaired) electrons. The summed E-state index contributed by atoms with van der Waals surface area (Å²) < 4.78 is 7.21. The quantitative estimate of drug-likeness (QED) is 0.865. The normalized spacial score (nSPS) is 17.6. The van der Waals surface area contributed by atoms with Crippen LogP contribution in [0.15, 0.2) is 48.7 Å². The van der Waals surface area contributed by atoms with Crippen molar-refractivity contribution in [1.82, 2.24) is 19.7 Å². The topological polar surface area (TPSA) is 52.8 Å². The molecule has 0 bridgehead atoms. The highest BCUT2D eigenvalue weighted by atomic mass is 16.5. The monoisotopic (exact) mass is 282 g/mol. The summed E-state index contributed by atoms with van der Waals surface area (Å²) in [5.74, 6) is 1.01. The molecule has 0 aromatic carbocycles. The summed E-state index contributed by atoms with van der Waals surface area (Å²) in [5.41, 5.74) is 3.49. The lowest BCUT2D eigenvalue weighted by molar-refractivity contribution is 0.390. The lowest BCUT2D eigenvalue weighted by Crippen LogP contribution is -2.06. The van der Waals surface area contributed by atoms with Gasteiger partial charge < -0.3 is 4.74 Å². The molecular formula is C16H18N4O. The number of rotatable bonds is 4.